The van der Waals surface area contributed by atoms with Crippen molar-refractivity contribution in [1.82, 2.24) is 9.97 Å². The quantitative estimate of drug-likeness (QED) is 0.838. The molecule has 0 saturated heterocycles. The molecule has 0 fully saturated rings. The number of anilines is 1. The first-order valence-electron chi connectivity index (χ1n) is 6.50. The fraction of sp³-hybridized carbons (Fsp3) is 0.333. The Kier molecular flexibility index (Phi) is 5.32. The van der Waals surface area contributed by atoms with E-state index in [1.165, 1.54) is 5.56 Å². The Balaban J connectivity index is 1.96. The summed E-state index contributed by atoms with van der Waals surface area (Å²) in [6, 6.07) is 12.1. The maximum Gasteiger partial charge on any atom is 0.218 e. The minimum Gasteiger partial charge on any atom is -0.481 e. The standard InChI is InChI=1S/C15H19N3O2/c1-19-11-14-17-13(10-15(18-14)20-2)16-9-8-12-6-4-3-5-7-12/h3-7,10H,8-9,11H2,1-2H3,(H,16,17,18). The normalized spacial score (nSPS) is 10.3. The number of benzene rings is 1. The van der Waals surface area contributed by atoms with E-state index >= 15 is 0 Å². The SMILES string of the molecule is COCc1nc(NCCc2ccccc2)cc(OC)n1. The number of rotatable bonds is 7. The Bertz CT molecular complexity index is 532. The van der Waals surface area contributed by atoms with Gasteiger partial charge in [-0.15, -0.1) is 0 Å². The predicted octanol–water partition coefficient (Wildman–Crippen LogP) is 2.29. The van der Waals surface area contributed by atoms with Gasteiger partial charge in [0.05, 0.1) is 7.11 Å². The van der Waals surface area contributed by atoms with E-state index in [0.717, 1.165) is 18.8 Å². The van der Waals surface area contributed by atoms with Gasteiger partial charge >= 0.3 is 0 Å². The van der Waals surface area contributed by atoms with Crippen molar-refractivity contribution in [2.45, 2.75) is 13.0 Å². The third-order valence-electron chi connectivity index (χ3n) is 2.79. The number of hydrogen-bond donors (Lipinski definition) is 1. The molecule has 2 aromatic rings. The summed E-state index contributed by atoms with van der Waals surface area (Å²) in [5, 5.41) is 3.28. The summed E-state index contributed by atoms with van der Waals surface area (Å²) in [6.07, 6.45) is 0.937. The van der Waals surface area contributed by atoms with E-state index < -0.39 is 0 Å². The van der Waals surface area contributed by atoms with Crippen molar-refractivity contribution in [3.63, 3.8) is 0 Å². The van der Waals surface area contributed by atoms with E-state index in [4.69, 9.17) is 9.47 Å². The third-order valence-corrected chi connectivity index (χ3v) is 2.79. The van der Waals surface area contributed by atoms with Crippen molar-refractivity contribution in [3.8, 4) is 5.88 Å². The summed E-state index contributed by atoms with van der Waals surface area (Å²) in [5.74, 6) is 1.89. The number of hydrogen-bond acceptors (Lipinski definition) is 5. The molecule has 0 bridgehead atoms. The van der Waals surface area contributed by atoms with Crippen LogP contribution in [0.25, 0.3) is 0 Å². The molecular formula is C15H19N3O2. The average molecular weight is 273 g/mol. The second-order valence-electron chi connectivity index (χ2n) is 4.31. The molecule has 5 heteroatoms. The summed E-state index contributed by atoms with van der Waals surface area (Å²) in [7, 11) is 3.21. The summed E-state index contributed by atoms with van der Waals surface area (Å²) in [6.45, 7) is 1.17. The van der Waals surface area contributed by atoms with E-state index in [0.29, 0.717) is 18.3 Å². The van der Waals surface area contributed by atoms with Crippen LogP contribution in [-0.4, -0.2) is 30.7 Å². The molecule has 2 rings (SSSR count). The van der Waals surface area contributed by atoms with Crippen molar-refractivity contribution in [1.29, 1.82) is 0 Å². The van der Waals surface area contributed by atoms with Crippen molar-refractivity contribution < 1.29 is 9.47 Å². The van der Waals surface area contributed by atoms with Crippen LogP contribution in [0.1, 0.15) is 11.4 Å². The number of methoxy groups -OCH3 is 2. The Morgan fingerprint density at radius 1 is 1.10 bits per heavy atom. The van der Waals surface area contributed by atoms with E-state index in [2.05, 4.69) is 27.4 Å². The zero-order valence-corrected chi connectivity index (χ0v) is 11.8. The highest BCUT2D eigenvalue weighted by molar-refractivity contribution is 5.38. The minimum atomic E-state index is 0.366. The van der Waals surface area contributed by atoms with E-state index in [1.54, 1.807) is 20.3 Å². The van der Waals surface area contributed by atoms with E-state index in [-0.39, 0.29) is 0 Å². The largest absolute Gasteiger partial charge is 0.481 e. The lowest BCUT2D eigenvalue weighted by Gasteiger charge is -2.09. The molecule has 106 valence electrons. The molecule has 0 unspecified atom stereocenters. The van der Waals surface area contributed by atoms with Crippen LogP contribution in [0.15, 0.2) is 36.4 Å². The molecule has 1 aromatic heterocycles. The fourth-order valence-corrected chi connectivity index (χ4v) is 1.84. The zero-order valence-electron chi connectivity index (χ0n) is 11.8. The molecule has 0 spiro atoms. The van der Waals surface area contributed by atoms with Crippen LogP contribution < -0.4 is 10.1 Å². The van der Waals surface area contributed by atoms with Gasteiger partial charge in [0, 0.05) is 19.7 Å². The Hall–Kier alpha value is -2.14. The van der Waals surface area contributed by atoms with Gasteiger partial charge in [-0.05, 0) is 12.0 Å². The lowest BCUT2D eigenvalue weighted by Crippen LogP contribution is -2.09. The lowest BCUT2D eigenvalue weighted by atomic mass is 10.1. The second-order valence-corrected chi connectivity index (χ2v) is 4.31. The average Bonchev–Trinajstić information content (AvgIpc) is 2.48. The first-order chi connectivity index (χ1) is 9.81. The van der Waals surface area contributed by atoms with Crippen molar-refractivity contribution in [3.05, 3.63) is 47.8 Å². The topological polar surface area (TPSA) is 56.3 Å². The highest BCUT2D eigenvalue weighted by atomic mass is 16.5. The van der Waals surface area contributed by atoms with Gasteiger partial charge in [0.1, 0.15) is 12.4 Å². The smallest absolute Gasteiger partial charge is 0.218 e. The number of ether oxygens (including phenoxy) is 2. The summed E-state index contributed by atoms with van der Waals surface area (Å²) >= 11 is 0. The Morgan fingerprint density at radius 3 is 2.60 bits per heavy atom. The number of nitrogens with one attached hydrogen (secondary N) is 1. The van der Waals surface area contributed by atoms with Crippen LogP contribution in [0, 0.1) is 0 Å². The van der Waals surface area contributed by atoms with Gasteiger partial charge in [0.25, 0.3) is 0 Å². The van der Waals surface area contributed by atoms with Gasteiger partial charge in [-0.25, -0.2) is 4.98 Å². The first-order valence-corrected chi connectivity index (χ1v) is 6.50. The Morgan fingerprint density at radius 2 is 1.90 bits per heavy atom. The van der Waals surface area contributed by atoms with E-state index in [9.17, 15) is 0 Å². The molecular weight excluding hydrogens is 254 g/mol. The molecule has 1 heterocycles. The monoisotopic (exact) mass is 273 g/mol. The lowest BCUT2D eigenvalue weighted by molar-refractivity contribution is 0.177. The van der Waals surface area contributed by atoms with Gasteiger partial charge in [0.15, 0.2) is 5.82 Å². The highest BCUT2D eigenvalue weighted by Crippen LogP contribution is 2.13. The molecule has 20 heavy (non-hydrogen) atoms. The second kappa shape index (κ2) is 7.45. The summed E-state index contributed by atoms with van der Waals surface area (Å²) < 4.78 is 10.2. The van der Waals surface area contributed by atoms with Crippen molar-refractivity contribution in [2.75, 3.05) is 26.1 Å². The first kappa shape index (κ1) is 14.3. The highest BCUT2D eigenvalue weighted by Gasteiger charge is 2.04. The minimum absolute atomic E-state index is 0.366. The van der Waals surface area contributed by atoms with Crippen LogP contribution in [-0.2, 0) is 17.8 Å². The van der Waals surface area contributed by atoms with Gasteiger partial charge in [-0.2, -0.15) is 4.98 Å². The maximum absolute atomic E-state index is 5.16. The van der Waals surface area contributed by atoms with Crippen LogP contribution in [0.3, 0.4) is 0 Å². The number of nitrogens with zero attached hydrogens (tertiary/aromatic N) is 2. The summed E-state index contributed by atoms with van der Waals surface area (Å²) in [4.78, 5) is 8.58. The zero-order chi connectivity index (χ0) is 14.2. The van der Waals surface area contributed by atoms with Gasteiger partial charge < -0.3 is 14.8 Å². The molecule has 5 nitrogen and oxygen atoms in total. The van der Waals surface area contributed by atoms with Gasteiger partial charge in [-0.3, -0.25) is 0 Å². The Labute approximate surface area is 119 Å². The molecule has 0 radical (unpaired) electrons. The molecule has 0 aliphatic carbocycles. The van der Waals surface area contributed by atoms with Crippen molar-refractivity contribution >= 4 is 5.82 Å². The van der Waals surface area contributed by atoms with Crippen LogP contribution in [0.4, 0.5) is 5.82 Å². The van der Waals surface area contributed by atoms with Crippen LogP contribution in [0.5, 0.6) is 5.88 Å². The van der Waals surface area contributed by atoms with E-state index in [1.807, 2.05) is 18.2 Å². The van der Waals surface area contributed by atoms with Crippen LogP contribution in [0.2, 0.25) is 0 Å². The maximum atomic E-state index is 5.16. The van der Waals surface area contributed by atoms with Gasteiger partial charge in [0.2, 0.25) is 5.88 Å². The molecule has 0 saturated carbocycles. The molecule has 0 aliphatic heterocycles. The van der Waals surface area contributed by atoms with Gasteiger partial charge in [-0.1, -0.05) is 30.3 Å². The molecule has 1 N–H and O–H groups in total. The third kappa shape index (κ3) is 4.20. The molecule has 1 aromatic carbocycles. The molecule has 0 amide bonds. The number of aromatic nitrogens is 2. The van der Waals surface area contributed by atoms with Crippen molar-refractivity contribution in [2.24, 2.45) is 0 Å². The predicted molar refractivity (Wildman–Crippen MR) is 77.9 cm³/mol. The molecule has 0 atom stereocenters. The molecule has 0 aliphatic rings. The summed E-state index contributed by atoms with van der Waals surface area (Å²) in [5.41, 5.74) is 1.29. The van der Waals surface area contributed by atoms with Crippen LogP contribution >= 0.6 is 0 Å². The fourth-order valence-electron chi connectivity index (χ4n) is 1.84.